The SMILES string of the molecule is CCCCCCCC/C=C\CCCCCCCCCCCC(=O)OC(COC(=O)CCCCCCC/C=C\CCCCCCCCC)COC(=O)CCCCCCCCCCCCCCCCCCCCCCCCCCCCCCCC. The van der Waals surface area contributed by atoms with Crippen molar-refractivity contribution in [1.29, 1.82) is 0 Å². The van der Waals surface area contributed by atoms with Crippen molar-refractivity contribution in [2.45, 2.75) is 438 Å². The molecule has 83 heavy (non-hydrogen) atoms. The van der Waals surface area contributed by atoms with E-state index in [0.29, 0.717) is 19.3 Å². The molecule has 0 aromatic carbocycles. The molecule has 0 radical (unpaired) electrons. The van der Waals surface area contributed by atoms with E-state index in [1.54, 1.807) is 0 Å². The molecule has 6 heteroatoms. The maximum Gasteiger partial charge on any atom is 0.306 e. The summed E-state index contributed by atoms with van der Waals surface area (Å²) in [5, 5.41) is 0. The molecule has 0 aliphatic carbocycles. The van der Waals surface area contributed by atoms with Gasteiger partial charge in [0, 0.05) is 19.3 Å². The van der Waals surface area contributed by atoms with Crippen LogP contribution in [0.3, 0.4) is 0 Å². The Bertz CT molecular complexity index is 1340. The number of ether oxygens (including phenoxy) is 3. The lowest BCUT2D eigenvalue weighted by molar-refractivity contribution is -0.167. The minimum atomic E-state index is -0.775. The predicted octanol–water partition coefficient (Wildman–Crippen LogP) is 26.1. The number of hydrogen-bond donors (Lipinski definition) is 0. The number of rotatable bonds is 71. The minimum Gasteiger partial charge on any atom is -0.462 e. The molecule has 0 aromatic heterocycles. The van der Waals surface area contributed by atoms with Gasteiger partial charge in [-0.15, -0.1) is 0 Å². The van der Waals surface area contributed by atoms with Crippen LogP contribution in [0.25, 0.3) is 0 Å². The largest absolute Gasteiger partial charge is 0.462 e. The second-order valence-corrected chi connectivity index (χ2v) is 25.9. The fourth-order valence-corrected chi connectivity index (χ4v) is 11.7. The van der Waals surface area contributed by atoms with Crippen molar-refractivity contribution in [3.8, 4) is 0 Å². The van der Waals surface area contributed by atoms with Gasteiger partial charge in [-0.3, -0.25) is 14.4 Å². The van der Waals surface area contributed by atoms with E-state index in [1.807, 2.05) is 0 Å². The topological polar surface area (TPSA) is 78.9 Å². The summed E-state index contributed by atoms with van der Waals surface area (Å²) in [5.74, 6) is -0.846. The highest BCUT2D eigenvalue weighted by molar-refractivity contribution is 5.71. The Hall–Kier alpha value is -2.11. The highest BCUT2D eigenvalue weighted by Crippen LogP contribution is 2.19. The monoisotopic (exact) mass is 1170 g/mol. The quantitative estimate of drug-likeness (QED) is 0.0261. The van der Waals surface area contributed by atoms with E-state index in [1.165, 1.54) is 327 Å². The first-order valence-corrected chi connectivity index (χ1v) is 37.8. The van der Waals surface area contributed by atoms with E-state index in [9.17, 15) is 14.4 Å². The van der Waals surface area contributed by atoms with E-state index in [-0.39, 0.29) is 31.1 Å². The standard InChI is InChI=1S/C77H146O6/c1-4-7-10-13-16-19-22-25-28-31-33-34-35-36-37-38-39-40-41-42-43-45-46-49-52-55-58-61-64-67-70-76(79)82-73-74(72-81-75(78)69-66-63-60-57-54-51-48-30-27-24-21-18-15-12-9-6-3)83-77(80)71-68-65-62-59-56-53-50-47-44-32-29-26-23-20-17-14-11-8-5-2/h26,29-30,48,74H,4-25,27-28,31-47,49-73H2,1-3H3/b29-26-,48-30-. The summed E-state index contributed by atoms with van der Waals surface area (Å²) in [4.78, 5) is 38.5. The lowest BCUT2D eigenvalue weighted by Crippen LogP contribution is -2.30. The van der Waals surface area contributed by atoms with Crippen molar-refractivity contribution in [2.24, 2.45) is 0 Å². The Morgan fingerprint density at radius 2 is 0.398 bits per heavy atom. The fourth-order valence-electron chi connectivity index (χ4n) is 11.7. The van der Waals surface area contributed by atoms with E-state index < -0.39 is 6.10 Å². The van der Waals surface area contributed by atoms with Crippen molar-refractivity contribution >= 4 is 17.9 Å². The molecule has 0 bridgehead atoms. The van der Waals surface area contributed by atoms with E-state index in [4.69, 9.17) is 14.2 Å². The summed E-state index contributed by atoms with van der Waals surface area (Å²) in [5.41, 5.74) is 0. The summed E-state index contributed by atoms with van der Waals surface area (Å²) in [6.07, 6.45) is 89.4. The smallest absolute Gasteiger partial charge is 0.306 e. The first-order chi connectivity index (χ1) is 41.0. The van der Waals surface area contributed by atoms with E-state index in [2.05, 4.69) is 45.1 Å². The first kappa shape index (κ1) is 80.9. The van der Waals surface area contributed by atoms with Crippen LogP contribution in [0.4, 0.5) is 0 Å². The van der Waals surface area contributed by atoms with Gasteiger partial charge in [0.2, 0.25) is 0 Å². The van der Waals surface area contributed by atoms with Crippen LogP contribution in [0.15, 0.2) is 24.3 Å². The molecule has 0 N–H and O–H groups in total. The van der Waals surface area contributed by atoms with Gasteiger partial charge in [-0.1, -0.05) is 366 Å². The second kappa shape index (κ2) is 72.4. The van der Waals surface area contributed by atoms with Crippen LogP contribution < -0.4 is 0 Å². The highest BCUT2D eigenvalue weighted by Gasteiger charge is 2.20. The molecule has 0 aliphatic heterocycles. The van der Waals surface area contributed by atoms with Gasteiger partial charge in [0.15, 0.2) is 6.10 Å². The van der Waals surface area contributed by atoms with Gasteiger partial charge in [0.1, 0.15) is 13.2 Å². The Kier molecular flexibility index (Phi) is 70.5. The molecule has 0 heterocycles. The van der Waals surface area contributed by atoms with Crippen LogP contribution in [0.2, 0.25) is 0 Å². The highest BCUT2D eigenvalue weighted by atomic mass is 16.6. The zero-order chi connectivity index (χ0) is 59.9. The van der Waals surface area contributed by atoms with E-state index in [0.717, 1.165) is 64.2 Å². The molecule has 0 saturated heterocycles. The van der Waals surface area contributed by atoms with Crippen LogP contribution in [0.5, 0.6) is 0 Å². The fraction of sp³-hybridized carbons (Fsp3) is 0.909. The number of hydrogen-bond acceptors (Lipinski definition) is 6. The molecule has 0 aromatic rings. The van der Waals surface area contributed by atoms with Crippen LogP contribution in [0.1, 0.15) is 432 Å². The summed E-state index contributed by atoms with van der Waals surface area (Å²) >= 11 is 0. The van der Waals surface area contributed by atoms with Gasteiger partial charge in [-0.05, 0) is 70.6 Å². The first-order valence-electron chi connectivity index (χ1n) is 37.8. The molecule has 0 aliphatic rings. The van der Waals surface area contributed by atoms with Crippen LogP contribution >= 0.6 is 0 Å². The van der Waals surface area contributed by atoms with Gasteiger partial charge in [-0.25, -0.2) is 0 Å². The van der Waals surface area contributed by atoms with Crippen LogP contribution in [-0.4, -0.2) is 37.2 Å². The van der Waals surface area contributed by atoms with Gasteiger partial charge in [0.05, 0.1) is 0 Å². The number of carbonyl (C=O) groups excluding carboxylic acids is 3. The number of esters is 3. The number of carbonyl (C=O) groups is 3. The number of allylic oxidation sites excluding steroid dienone is 4. The molecule has 0 saturated carbocycles. The molecular formula is C77H146O6. The second-order valence-electron chi connectivity index (χ2n) is 25.9. The summed E-state index contributed by atoms with van der Waals surface area (Å²) in [6.45, 7) is 6.71. The average molecular weight is 1170 g/mol. The normalized spacial score (nSPS) is 12.1. The maximum absolute atomic E-state index is 13.0. The minimum absolute atomic E-state index is 0.0690. The summed E-state index contributed by atoms with van der Waals surface area (Å²) < 4.78 is 17.0. The average Bonchev–Trinajstić information content (AvgIpc) is 3.49. The lowest BCUT2D eigenvalue weighted by Gasteiger charge is -2.18. The zero-order valence-electron chi connectivity index (χ0n) is 56.5. The van der Waals surface area contributed by atoms with Crippen molar-refractivity contribution in [2.75, 3.05) is 13.2 Å². The van der Waals surface area contributed by atoms with Crippen molar-refractivity contribution in [1.82, 2.24) is 0 Å². The molecule has 1 atom stereocenters. The molecule has 0 spiro atoms. The molecule has 0 amide bonds. The third-order valence-corrected chi connectivity index (χ3v) is 17.4. The van der Waals surface area contributed by atoms with Crippen molar-refractivity contribution in [3.05, 3.63) is 24.3 Å². The Balaban J connectivity index is 4.19. The Morgan fingerprint density at radius 1 is 0.229 bits per heavy atom. The Morgan fingerprint density at radius 3 is 0.602 bits per heavy atom. The zero-order valence-corrected chi connectivity index (χ0v) is 56.5. The predicted molar refractivity (Wildman–Crippen MR) is 363 cm³/mol. The molecule has 490 valence electrons. The molecule has 1 unspecified atom stereocenters. The third kappa shape index (κ3) is 70.5. The molecule has 0 rings (SSSR count). The summed E-state index contributed by atoms with van der Waals surface area (Å²) in [6, 6.07) is 0. The van der Waals surface area contributed by atoms with Gasteiger partial charge in [-0.2, -0.15) is 0 Å². The molecule has 6 nitrogen and oxygen atoms in total. The van der Waals surface area contributed by atoms with Crippen molar-refractivity contribution < 1.29 is 28.6 Å². The van der Waals surface area contributed by atoms with Gasteiger partial charge in [0.25, 0.3) is 0 Å². The lowest BCUT2D eigenvalue weighted by atomic mass is 10.0. The summed E-state index contributed by atoms with van der Waals surface area (Å²) in [7, 11) is 0. The van der Waals surface area contributed by atoms with Gasteiger partial charge >= 0.3 is 17.9 Å². The molecular weight excluding hydrogens is 1020 g/mol. The van der Waals surface area contributed by atoms with Crippen LogP contribution in [0, 0.1) is 0 Å². The third-order valence-electron chi connectivity index (χ3n) is 17.4. The maximum atomic E-state index is 13.0. The Labute approximate surface area is 519 Å². The van der Waals surface area contributed by atoms with Crippen molar-refractivity contribution in [3.63, 3.8) is 0 Å². The van der Waals surface area contributed by atoms with E-state index >= 15 is 0 Å². The molecule has 0 fully saturated rings. The number of unbranched alkanes of at least 4 members (excludes halogenated alkanes) is 56. The van der Waals surface area contributed by atoms with Crippen LogP contribution in [-0.2, 0) is 28.6 Å². The van der Waals surface area contributed by atoms with Gasteiger partial charge < -0.3 is 14.2 Å².